The molecule has 0 saturated heterocycles. The molecule has 128 valence electrons. The van der Waals surface area contributed by atoms with Gasteiger partial charge in [0.15, 0.2) is 0 Å². The Balaban J connectivity index is 1.91. The monoisotopic (exact) mass is 410 g/mol. The van der Waals surface area contributed by atoms with Gasteiger partial charge in [0.05, 0.1) is 0 Å². The van der Waals surface area contributed by atoms with Crippen molar-refractivity contribution in [1.82, 2.24) is 0 Å². The predicted octanol–water partition coefficient (Wildman–Crippen LogP) is 5.98. The van der Waals surface area contributed by atoms with Crippen LogP contribution in [0.1, 0.15) is 16.7 Å². The van der Waals surface area contributed by atoms with Crippen molar-refractivity contribution in [2.24, 2.45) is 0 Å². The summed E-state index contributed by atoms with van der Waals surface area (Å²) < 4.78 is 0.877. The molecule has 0 aliphatic heterocycles. The van der Waals surface area contributed by atoms with Crippen molar-refractivity contribution in [1.29, 1.82) is 0 Å². The molecule has 4 aromatic rings. The van der Waals surface area contributed by atoms with Gasteiger partial charge in [-0.3, -0.25) is 0 Å². The summed E-state index contributed by atoms with van der Waals surface area (Å²) >= 11 is 3.65. The predicted molar refractivity (Wildman–Crippen MR) is 111 cm³/mol. The van der Waals surface area contributed by atoms with E-state index in [-0.39, 0.29) is 0 Å². The SMILES string of the molecule is OC1(c2ccccc2Br)c2ccc#cc2-c2cccc(-c3ccccc3)c21. The summed E-state index contributed by atoms with van der Waals surface area (Å²) in [4.78, 5) is 0. The third kappa shape index (κ3) is 2.29. The molecule has 1 N–H and O–H groups in total. The van der Waals surface area contributed by atoms with Gasteiger partial charge in [-0.15, -0.1) is 0 Å². The number of hydrogen-bond acceptors (Lipinski definition) is 1. The summed E-state index contributed by atoms with van der Waals surface area (Å²) in [7, 11) is 0. The Morgan fingerprint density at radius 3 is 2.30 bits per heavy atom. The van der Waals surface area contributed by atoms with Crippen LogP contribution in [0.2, 0.25) is 0 Å². The van der Waals surface area contributed by atoms with Crippen molar-refractivity contribution in [3.8, 4) is 22.3 Å². The second-order valence-corrected chi connectivity index (χ2v) is 7.53. The summed E-state index contributed by atoms with van der Waals surface area (Å²) in [6, 6.07) is 34.3. The Labute approximate surface area is 167 Å². The lowest BCUT2D eigenvalue weighted by Crippen LogP contribution is -2.27. The molecule has 0 aromatic heterocycles. The minimum Gasteiger partial charge on any atom is -0.376 e. The first-order valence-corrected chi connectivity index (χ1v) is 9.60. The number of benzene rings is 3. The highest BCUT2D eigenvalue weighted by atomic mass is 79.9. The van der Waals surface area contributed by atoms with Gasteiger partial charge in [0.25, 0.3) is 0 Å². The standard InChI is InChI=1S/C25H15BrO/c26-23-16-7-6-15-22(23)25(27)21-14-5-4-11-19(21)20-13-8-12-18(24(20)25)17-9-2-1-3-10-17/h1-3,5-10,12-16,27H. The minimum atomic E-state index is -1.26. The molecule has 1 unspecified atom stereocenters. The highest BCUT2D eigenvalue weighted by Gasteiger charge is 2.45. The maximum Gasteiger partial charge on any atom is 0.144 e. The summed E-state index contributed by atoms with van der Waals surface area (Å²) in [5.74, 6) is 0. The van der Waals surface area contributed by atoms with Crippen molar-refractivity contribution < 1.29 is 5.11 Å². The Bertz CT molecular complexity index is 1150. The Kier molecular flexibility index (Phi) is 3.68. The lowest BCUT2D eigenvalue weighted by molar-refractivity contribution is 0.130. The second kappa shape index (κ2) is 6.09. The van der Waals surface area contributed by atoms with Gasteiger partial charge in [-0.2, -0.15) is 0 Å². The third-order valence-electron chi connectivity index (χ3n) is 5.23. The van der Waals surface area contributed by atoms with E-state index in [4.69, 9.17) is 0 Å². The van der Waals surface area contributed by atoms with E-state index in [2.05, 4.69) is 52.3 Å². The van der Waals surface area contributed by atoms with E-state index in [1.807, 2.05) is 60.7 Å². The molecular formula is C25H15BrO. The molecule has 27 heavy (non-hydrogen) atoms. The highest BCUT2D eigenvalue weighted by molar-refractivity contribution is 9.10. The fourth-order valence-electron chi connectivity index (χ4n) is 4.08. The van der Waals surface area contributed by atoms with Crippen LogP contribution < -0.4 is 0 Å². The van der Waals surface area contributed by atoms with Crippen LogP contribution in [0, 0.1) is 12.1 Å². The third-order valence-corrected chi connectivity index (χ3v) is 5.93. The number of fused-ring (bicyclic) bond motifs is 3. The average Bonchev–Trinajstić information content (AvgIpc) is 2.99. The molecule has 0 spiro atoms. The number of hydrogen-bond donors (Lipinski definition) is 1. The first-order valence-electron chi connectivity index (χ1n) is 8.81. The molecule has 1 aliphatic rings. The molecule has 0 fully saturated rings. The number of halogens is 1. The minimum absolute atomic E-state index is 0.827. The van der Waals surface area contributed by atoms with E-state index in [1.165, 1.54) is 0 Å². The molecule has 0 saturated carbocycles. The first kappa shape index (κ1) is 16.3. The maximum atomic E-state index is 12.2. The van der Waals surface area contributed by atoms with Gasteiger partial charge >= 0.3 is 0 Å². The quantitative estimate of drug-likeness (QED) is 0.430. The Morgan fingerprint density at radius 1 is 0.741 bits per heavy atom. The van der Waals surface area contributed by atoms with Gasteiger partial charge in [-0.1, -0.05) is 94.8 Å². The molecule has 1 atom stereocenters. The average molecular weight is 411 g/mol. The molecule has 5 rings (SSSR count). The fraction of sp³-hybridized carbons (Fsp3) is 0.0400. The molecular weight excluding hydrogens is 396 g/mol. The van der Waals surface area contributed by atoms with Crippen LogP contribution in [0.5, 0.6) is 0 Å². The van der Waals surface area contributed by atoms with Crippen LogP contribution in [0.15, 0.2) is 89.4 Å². The highest BCUT2D eigenvalue weighted by Crippen LogP contribution is 2.54. The molecule has 1 nitrogen and oxygen atoms in total. The van der Waals surface area contributed by atoms with E-state index in [1.54, 1.807) is 0 Å². The topological polar surface area (TPSA) is 20.2 Å². The van der Waals surface area contributed by atoms with E-state index in [0.29, 0.717) is 0 Å². The van der Waals surface area contributed by atoms with E-state index >= 15 is 0 Å². The largest absolute Gasteiger partial charge is 0.376 e. The molecule has 0 heterocycles. The van der Waals surface area contributed by atoms with Crippen molar-refractivity contribution in [2.45, 2.75) is 5.60 Å². The van der Waals surface area contributed by atoms with E-state index in [0.717, 1.165) is 43.4 Å². The van der Waals surface area contributed by atoms with Crippen molar-refractivity contribution in [2.75, 3.05) is 0 Å². The molecule has 0 bridgehead atoms. The molecule has 0 radical (unpaired) electrons. The second-order valence-electron chi connectivity index (χ2n) is 6.68. The summed E-state index contributed by atoms with van der Waals surface area (Å²) in [6.07, 6.45) is 0. The lowest BCUT2D eigenvalue weighted by Gasteiger charge is -2.29. The van der Waals surface area contributed by atoms with Gasteiger partial charge in [0, 0.05) is 26.7 Å². The maximum absolute atomic E-state index is 12.2. The van der Waals surface area contributed by atoms with E-state index < -0.39 is 5.60 Å². The van der Waals surface area contributed by atoms with Gasteiger partial charge in [-0.25, -0.2) is 0 Å². The summed E-state index contributed by atoms with van der Waals surface area (Å²) in [6.45, 7) is 0. The van der Waals surface area contributed by atoms with Crippen molar-refractivity contribution >= 4 is 15.9 Å². The van der Waals surface area contributed by atoms with Gasteiger partial charge in [-0.05, 0) is 34.9 Å². The van der Waals surface area contributed by atoms with E-state index in [9.17, 15) is 5.11 Å². The van der Waals surface area contributed by atoms with Crippen molar-refractivity contribution in [3.05, 3.63) is 118 Å². The van der Waals surface area contributed by atoms with Gasteiger partial charge in [0.2, 0.25) is 0 Å². The fourth-order valence-corrected chi connectivity index (χ4v) is 4.65. The molecule has 1 aliphatic carbocycles. The van der Waals surface area contributed by atoms with Crippen LogP contribution >= 0.6 is 15.9 Å². The molecule has 0 amide bonds. The number of rotatable bonds is 2. The summed E-state index contributed by atoms with van der Waals surface area (Å²) in [5, 5.41) is 12.2. The molecule has 4 aromatic carbocycles. The van der Waals surface area contributed by atoms with Crippen LogP contribution in [-0.4, -0.2) is 5.11 Å². The van der Waals surface area contributed by atoms with Crippen LogP contribution in [0.4, 0.5) is 0 Å². The van der Waals surface area contributed by atoms with Crippen LogP contribution in [0.3, 0.4) is 0 Å². The summed E-state index contributed by atoms with van der Waals surface area (Å²) in [5.41, 5.74) is 5.31. The van der Waals surface area contributed by atoms with Crippen molar-refractivity contribution in [3.63, 3.8) is 0 Å². The molecule has 2 heteroatoms. The zero-order valence-electron chi connectivity index (χ0n) is 14.4. The van der Waals surface area contributed by atoms with Gasteiger partial charge in [0.1, 0.15) is 5.60 Å². The van der Waals surface area contributed by atoms with Gasteiger partial charge < -0.3 is 5.11 Å². The van der Waals surface area contributed by atoms with Crippen LogP contribution in [0.25, 0.3) is 22.3 Å². The number of aliphatic hydroxyl groups is 1. The first-order chi connectivity index (χ1) is 13.2. The lowest BCUT2D eigenvalue weighted by atomic mass is 9.81. The zero-order valence-corrected chi connectivity index (χ0v) is 16.0. The smallest absolute Gasteiger partial charge is 0.144 e. The zero-order chi connectivity index (χ0) is 18.4. The Morgan fingerprint density at radius 2 is 1.48 bits per heavy atom. The Hall–Kier alpha value is -2.86. The van der Waals surface area contributed by atoms with Crippen LogP contribution in [-0.2, 0) is 5.60 Å². The normalized spacial score (nSPS) is 17.1.